The Morgan fingerprint density at radius 2 is 2.27 bits per heavy atom. The highest BCUT2D eigenvalue weighted by atomic mass is 19.1. The summed E-state index contributed by atoms with van der Waals surface area (Å²) in [7, 11) is 0. The quantitative estimate of drug-likeness (QED) is 0.755. The van der Waals surface area contributed by atoms with E-state index >= 15 is 0 Å². The summed E-state index contributed by atoms with van der Waals surface area (Å²) in [6, 6.07) is 7.79. The Balaban J connectivity index is 1.43. The van der Waals surface area contributed by atoms with Crippen molar-refractivity contribution in [2.75, 3.05) is 13.2 Å². The number of ether oxygens (including phenoxy) is 1. The lowest BCUT2D eigenvalue weighted by Crippen LogP contribution is -2.24. The van der Waals surface area contributed by atoms with E-state index in [0.29, 0.717) is 24.2 Å². The van der Waals surface area contributed by atoms with Crippen LogP contribution in [0.25, 0.3) is 10.9 Å². The zero-order valence-electron chi connectivity index (χ0n) is 14.2. The molecule has 0 bridgehead atoms. The summed E-state index contributed by atoms with van der Waals surface area (Å²) < 4.78 is 18.8. The lowest BCUT2D eigenvalue weighted by molar-refractivity contribution is 0.0779. The topological polar surface area (TPSA) is 79.9 Å². The number of nitrogens with one attached hydrogen (secondary N) is 2. The van der Waals surface area contributed by atoms with Crippen LogP contribution in [0.4, 0.5) is 4.39 Å². The van der Waals surface area contributed by atoms with Gasteiger partial charge in [-0.2, -0.15) is 0 Å². The molecule has 26 heavy (non-hydrogen) atoms. The fourth-order valence-electron chi connectivity index (χ4n) is 3.14. The molecule has 0 spiro atoms. The minimum absolute atomic E-state index is 0.211. The molecule has 0 saturated carbocycles. The predicted molar refractivity (Wildman–Crippen MR) is 94.3 cm³/mol. The molecule has 4 rings (SSSR count). The van der Waals surface area contributed by atoms with Crippen LogP contribution in [0, 0.1) is 5.82 Å². The second-order valence-corrected chi connectivity index (χ2v) is 6.42. The third-order valence-corrected chi connectivity index (χ3v) is 4.51. The first-order valence-corrected chi connectivity index (χ1v) is 8.65. The van der Waals surface area contributed by atoms with Gasteiger partial charge < -0.3 is 15.0 Å². The molecular weight excluding hydrogens is 335 g/mol. The molecular formula is C19H19FN4O2. The minimum atomic E-state index is -0.330. The van der Waals surface area contributed by atoms with Crippen LogP contribution in [0.1, 0.15) is 40.8 Å². The summed E-state index contributed by atoms with van der Waals surface area (Å²) in [5.74, 6) is 0.381. The van der Waals surface area contributed by atoms with Crippen LogP contribution in [0.5, 0.6) is 0 Å². The number of hydrogen-bond acceptors (Lipinski definition) is 4. The van der Waals surface area contributed by atoms with E-state index in [1.807, 2.05) is 0 Å². The van der Waals surface area contributed by atoms with Crippen LogP contribution in [0.2, 0.25) is 0 Å². The first kappa shape index (κ1) is 16.7. The normalized spacial score (nSPS) is 17.3. The first-order chi connectivity index (χ1) is 12.7. The molecule has 1 saturated heterocycles. The summed E-state index contributed by atoms with van der Waals surface area (Å²) in [6.07, 6.45) is 3.74. The maximum atomic E-state index is 13.3. The molecule has 0 aliphatic carbocycles. The van der Waals surface area contributed by atoms with Crippen molar-refractivity contribution >= 4 is 16.8 Å². The number of hydrogen-bond donors (Lipinski definition) is 2. The van der Waals surface area contributed by atoms with Crippen molar-refractivity contribution < 1.29 is 13.9 Å². The molecule has 1 unspecified atom stereocenters. The Morgan fingerprint density at radius 3 is 3.12 bits per heavy atom. The van der Waals surface area contributed by atoms with E-state index in [9.17, 15) is 9.18 Å². The monoisotopic (exact) mass is 354 g/mol. The molecule has 1 aromatic carbocycles. The van der Waals surface area contributed by atoms with Gasteiger partial charge in [0, 0.05) is 29.6 Å². The summed E-state index contributed by atoms with van der Waals surface area (Å²) in [5.41, 5.74) is 1.86. The van der Waals surface area contributed by atoms with Crippen molar-refractivity contribution in [2.24, 2.45) is 0 Å². The molecule has 2 N–H and O–H groups in total. The van der Waals surface area contributed by atoms with E-state index in [4.69, 9.17) is 4.74 Å². The molecule has 1 aliphatic heterocycles. The number of rotatable bonds is 4. The molecule has 6 nitrogen and oxygen atoms in total. The van der Waals surface area contributed by atoms with Crippen molar-refractivity contribution in [3.05, 3.63) is 59.6 Å². The number of fused-ring (bicyclic) bond motifs is 1. The van der Waals surface area contributed by atoms with Gasteiger partial charge in [0.1, 0.15) is 17.3 Å². The third-order valence-electron chi connectivity index (χ3n) is 4.51. The lowest BCUT2D eigenvalue weighted by atomic mass is 10.0. The Bertz CT molecular complexity index is 934. The number of aromatic nitrogens is 3. The summed E-state index contributed by atoms with van der Waals surface area (Å²) >= 11 is 0. The van der Waals surface area contributed by atoms with Gasteiger partial charge in [-0.15, -0.1) is 0 Å². The van der Waals surface area contributed by atoms with E-state index in [2.05, 4.69) is 20.3 Å². The van der Waals surface area contributed by atoms with Gasteiger partial charge in [-0.3, -0.25) is 4.79 Å². The molecule has 1 aliphatic rings. The van der Waals surface area contributed by atoms with Crippen molar-refractivity contribution in [3.63, 3.8) is 0 Å². The van der Waals surface area contributed by atoms with Crippen LogP contribution in [0.15, 0.2) is 36.5 Å². The number of benzene rings is 1. The van der Waals surface area contributed by atoms with Crippen LogP contribution < -0.4 is 5.32 Å². The molecule has 3 heterocycles. The fourth-order valence-corrected chi connectivity index (χ4v) is 3.14. The number of carbonyl (C=O) groups is 1. The molecule has 134 valence electrons. The van der Waals surface area contributed by atoms with E-state index in [0.717, 1.165) is 36.5 Å². The zero-order chi connectivity index (χ0) is 17.9. The van der Waals surface area contributed by atoms with Crippen LogP contribution in [0.3, 0.4) is 0 Å². The minimum Gasteiger partial charge on any atom is -0.381 e. The van der Waals surface area contributed by atoms with E-state index in [1.165, 1.54) is 12.1 Å². The molecule has 0 radical (unpaired) electrons. The standard InChI is InChI=1S/C19H19FN4O2/c20-14-3-4-16-13(8-14)9-17(24-16)19(25)22-10-15-5-6-21-18(23-15)12-2-1-7-26-11-12/h3-6,8-9,12,24H,1-2,7,10-11H2,(H,22,25). The Labute approximate surface area is 149 Å². The largest absolute Gasteiger partial charge is 0.381 e. The number of nitrogens with zero attached hydrogens (tertiary/aromatic N) is 2. The average molecular weight is 354 g/mol. The SMILES string of the molecule is O=C(NCc1ccnc(C2CCCOC2)n1)c1cc2cc(F)ccc2[nH]1. The first-order valence-electron chi connectivity index (χ1n) is 8.65. The lowest BCUT2D eigenvalue weighted by Gasteiger charge is -2.20. The maximum Gasteiger partial charge on any atom is 0.268 e. The Morgan fingerprint density at radius 1 is 1.35 bits per heavy atom. The summed E-state index contributed by atoms with van der Waals surface area (Å²) in [5, 5.41) is 3.50. The summed E-state index contributed by atoms with van der Waals surface area (Å²) in [4.78, 5) is 24.2. The van der Waals surface area contributed by atoms with Gasteiger partial charge in [0.05, 0.1) is 18.8 Å². The molecule has 1 amide bonds. The van der Waals surface area contributed by atoms with Crippen LogP contribution in [-0.4, -0.2) is 34.1 Å². The van der Waals surface area contributed by atoms with Crippen LogP contribution >= 0.6 is 0 Å². The average Bonchev–Trinajstić information content (AvgIpc) is 3.10. The number of amides is 1. The van der Waals surface area contributed by atoms with Gasteiger partial charge in [-0.05, 0) is 43.2 Å². The number of halogens is 1. The molecule has 1 atom stereocenters. The zero-order valence-corrected chi connectivity index (χ0v) is 14.2. The van der Waals surface area contributed by atoms with E-state index in [1.54, 1.807) is 24.4 Å². The third kappa shape index (κ3) is 3.57. The summed E-state index contributed by atoms with van der Waals surface area (Å²) in [6.45, 7) is 1.73. The molecule has 1 fully saturated rings. The van der Waals surface area contributed by atoms with Crippen molar-refractivity contribution in [2.45, 2.75) is 25.3 Å². The number of carbonyl (C=O) groups excluding carboxylic acids is 1. The molecule has 3 aromatic rings. The Kier molecular flexibility index (Phi) is 4.62. The van der Waals surface area contributed by atoms with Gasteiger partial charge in [0.2, 0.25) is 0 Å². The second-order valence-electron chi connectivity index (χ2n) is 6.42. The number of H-pyrrole nitrogens is 1. The van der Waals surface area contributed by atoms with Crippen molar-refractivity contribution in [3.8, 4) is 0 Å². The van der Waals surface area contributed by atoms with Crippen molar-refractivity contribution in [1.29, 1.82) is 0 Å². The highest BCUT2D eigenvalue weighted by molar-refractivity contribution is 5.97. The predicted octanol–water partition coefficient (Wildman–Crippen LogP) is 2.92. The number of aromatic amines is 1. The van der Waals surface area contributed by atoms with Gasteiger partial charge >= 0.3 is 0 Å². The highest BCUT2D eigenvalue weighted by Gasteiger charge is 2.19. The van der Waals surface area contributed by atoms with E-state index in [-0.39, 0.29) is 17.6 Å². The molecule has 2 aromatic heterocycles. The Hall–Kier alpha value is -2.80. The van der Waals surface area contributed by atoms with Crippen LogP contribution in [-0.2, 0) is 11.3 Å². The fraction of sp³-hybridized carbons (Fsp3) is 0.316. The molecule has 7 heteroatoms. The van der Waals surface area contributed by atoms with Gasteiger partial charge in [0.15, 0.2) is 0 Å². The van der Waals surface area contributed by atoms with Gasteiger partial charge in [-0.1, -0.05) is 0 Å². The van der Waals surface area contributed by atoms with Gasteiger partial charge in [-0.25, -0.2) is 14.4 Å². The maximum absolute atomic E-state index is 13.3. The van der Waals surface area contributed by atoms with E-state index < -0.39 is 0 Å². The second kappa shape index (κ2) is 7.21. The van der Waals surface area contributed by atoms with Gasteiger partial charge in [0.25, 0.3) is 5.91 Å². The van der Waals surface area contributed by atoms with Crippen molar-refractivity contribution in [1.82, 2.24) is 20.3 Å². The highest BCUT2D eigenvalue weighted by Crippen LogP contribution is 2.22. The smallest absolute Gasteiger partial charge is 0.268 e.